The zero-order valence-electron chi connectivity index (χ0n) is 15.1. The van der Waals surface area contributed by atoms with Crippen LogP contribution in [0.5, 0.6) is 0 Å². The van der Waals surface area contributed by atoms with Gasteiger partial charge in [-0.25, -0.2) is 4.68 Å². The summed E-state index contributed by atoms with van der Waals surface area (Å²) in [5.74, 6) is 5.84. The molecule has 132 valence electrons. The average molecular weight is 339 g/mol. The van der Waals surface area contributed by atoms with Gasteiger partial charge in [-0.2, -0.15) is 0 Å². The fraction of sp³-hybridized carbons (Fsp3) is 0.500. The van der Waals surface area contributed by atoms with Crippen LogP contribution < -0.4 is 0 Å². The number of nitrogens with zero attached hydrogens (tertiary/aromatic N) is 3. The number of aromatic nitrogens is 3. The van der Waals surface area contributed by atoms with Crippen LogP contribution in [0.2, 0.25) is 0 Å². The van der Waals surface area contributed by atoms with E-state index >= 15 is 0 Å². The Labute approximate surface area is 149 Å². The Morgan fingerprint density at radius 3 is 2.88 bits per heavy atom. The quantitative estimate of drug-likeness (QED) is 0.874. The molecular formula is C20H25N3O2. The van der Waals surface area contributed by atoms with E-state index in [1.165, 1.54) is 6.42 Å². The van der Waals surface area contributed by atoms with Crippen molar-refractivity contribution in [3.05, 3.63) is 35.5 Å². The molecule has 2 aromatic rings. The molecule has 1 saturated heterocycles. The Balaban J connectivity index is 1.74. The van der Waals surface area contributed by atoms with Crippen molar-refractivity contribution in [2.75, 3.05) is 6.61 Å². The molecule has 1 aromatic carbocycles. The van der Waals surface area contributed by atoms with Crippen LogP contribution in [0.1, 0.15) is 44.2 Å². The lowest BCUT2D eigenvalue weighted by Crippen LogP contribution is -2.24. The van der Waals surface area contributed by atoms with Crippen molar-refractivity contribution in [1.82, 2.24) is 15.0 Å². The Bertz CT molecular complexity index is 787. The van der Waals surface area contributed by atoms with Crippen molar-refractivity contribution in [2.24, 2.45) is 0 Å². The van der Waals surface area contributed by atoms with Crippen molar-refractivity contribution in [3.8, 4) is 23.1 Å². The lowest BCUT2D eigenvalue weighted by Gasteiger charge is -2.21. The standard InChI is InChI=1S/C20H25N3O2/c1-15-12-16(9-10-20(2,3)24)7-8-18(15)19-14-23(22-21-19)13-17-6-4-5-11-25-17/h7-8,12,14,17,24H,4-6,11,13H2,1-3H3. The summed E-state index contributed by atoms with van der Waals surface area (Å²) in [5, 5.41) is 18.3. The second-order valence-electron chi connectivity index (χ2n) is 7.15. The van der Waals surface area contributed by atoms with Crippen molar-refractivity contribution < 1.29 is 9.84 Å². The van der Waals surface area contributed by atoms with Crippen molar-refractivity contribution in [3.63, 3.8) is 0 Å². The van der Waals surface area contributed by atoms with Gasteiger partial charge in [0.1, 0.15) is 11.3 Å². The topological polar surface area (TPSA) is 60.2 Å². The molecular weight excluding hydrogens is 314 g/mol. The van der Waals surface area contributed by atoms with E-state index in [1.54, 1.807) is 13.8 Å². The Hall–Kier alpha value is -2.16. The molecule has 1 fully saturated rings. The predicted octanol–water partition coefficient (Wildman–Crippen LogP) is 2.95. The molecule has 2 heterocycles. The summed E-state index contributed by atoms with van der Waals surface area (Å²) in [6, 6.07) is 5.97. The molecule has 5 heteroatoms. The van der Waals surface area contributed by atoms with Gasteiger partial charge in [-0.3, -0.25) is 0 Å². The number of hydrogen-bond donors (Lipinski definition) is 1. The molecule has 1 aliphatic rings. The number of aliphatic hydroxyl groups is 1. The molecule has 1 aromatic heterocycles. The largest absolute Gasteiger partial charge is 0.378 e. The smallest absolute Gasteiger partial charge is 0.120 e. The Kier molecular flexibility index (Phi) is 5.22. The van der Waals surface area contributed by atoms with Gasteiger partial charge in [-0.15, -0.1) is 5.10 Å². The van der Waals surface area contributed by atoms with E-state index in [0.717, 1.165) is 48.4 Å². The number of hydrogen-bond acceptors (Lipinski definition) is 4. The molecule has 0 radical (unpaired) electrons. The summed E-state index contributed by atoms with van der Waals surface area (Å²) in [7, 11) is 0. The predicted molar refractivity (Wildman–Crippen MR) is 97.0 cm³/mol. The minimum atomic E-state index is -0.990. The fourth-order valence-corrected chi connectivity index (χ4v) is 2.93. The van der Waals surface area contributed by atoms with E-state index < -0.39 is 5.60 Å². The van der Waals surface area contributed by atoms with Crippen LogP contribution in [0.15, 0.2) is 24.4 Å². The number of rotatable bonds is 3. The van der Waals surface area contributed by atoms with Gasteiger partial charge in [0.25, 0.3) is 0 Å². The van der Waals surface area contributed by atoms with Crippen molar-refractivity contribution in [1.29, 1.82) is 0 Å². The Morgan fingerprint density at radius 2 is 2.20 bits per heavy atom. The van der Waals surface area contributed by atoms with E-state index in [1.807, 2.05) is 36.0 Å². The summed E-state index contributed by atoms with van der Waals surface area (Å²) in [5.41, 5.74) is 2.88. The highest BCUT2D eigenvalue weighted by Crippen LogP contribution is 2.22. The van der Waals surface area contributed by atoms with E-state index in [9.17, 15) is 5.11 Å². The van der Waals surface area contributed by atoms with Crippen LogP contribution in [0, 0.1) is 18.8 Å². The van der Waals surface area contributed by atoms with Gasteiger partial charge in [0.2, 0.25) is 0 Å². The molecule has 0 saturated carbocycles. The van der Waals surface area contributed by atoms with Gasteiger partial charge in [-0.1, -0.05) is 23.1 Å². The maximum atomic E-state index is 9.71. The summed E-state index contributed by atoms with van der Waals surface area (Å²) >= 11 is 0. The van der Waals surface area contributed by atoms with Crippen LogP contribution in [0.3, 0.4) is 0 Å². The van der Waals surface area contributed by atoms with Gasteiger partial charge in [0.05, 0.1) is 18.8 Å². The third kappa shape index (κ3) is 4.91. The summed E-state index contributed by atoms with van der Waals surface area (Å²) in [6.07, 6.45) is 5.67. The fourth-order valence-electron chi connectivity index (χ4n) is 2.93. The molecule has 0 bridgehead atoms. The van der Waals surface area contributed by atoms with Gasteiger partial charge >= 0.3 is 0 Å². The molecule has 1 unspecified atom stereocenters. The van der Waals surface area contributed by atoms with Crippen molar-refractivity contribution in [2.45, 2.75) is 58.3 Å². The Morgan fingerprint density at radius 1 is 1.36 bits per heavy atom. The molecule has 0 amide bonds. The molecule has 0 spiro atoms. The maximum absolute atomic E-state index is 9.71. The highest BCUT2D eigenvalue weighted by Gasteiger charge is 2.16. The maximum Gasteiger partial charge on any atom is 0.120 e. The van der Waals surface area contributed by atoms with Gasteiger partial charge in [0, 0.05) is 17.7 Å². The third-order valence-corrected chi connectivity index (χ3v) is 4.22. The van der Waals surface area contributed by atoms with E-state index in [4.69, 9.17) is 4.74 Å². The zero-order valence-corrected chi connectivity index (χ0v) is 15.1. The minimum absolute atomic E-state index is 0.240. The van der Waals surface area contributed by atoms with Crippen LogP contribution in [0.25, 0.3) is 11.3 Å². The first-order valence-electron chi connectivity index (χ1n) is 8.79. The first-order valence-corrected chi connectivity index (χ1v) is 8.79. The third-order valence-electron chi connectivity index (χ3n) is 4.22. The molecule has 5 nitrogen and oxygen atoms in total. The second kappa shape index (κ2) is 7.38. The molecule has 1 N–H and O–H groups in total. The number of aryl methyl sites for hydroxylation is 1. The van der Waals surface area contributed by atoms with Crippen LogP contribution in [-0.2, 0) is 11.3 Å². The molecule has 25 heavy (non-hydrogen) atoms. The summed E-state index contributed by atoms with van der Waals surface area (Å²) in [6.45, 7) is 6.98. The molecule has 1 aliphatic heterocycles. The van der Waals surface area contributed by atoms with Crippen LogP contribution in [-0.4, -0.2) is 38.4 Å². The van der Waals surface area contributed by atoms with E-state index in [-0.39, 0.29) is 6.10 Å². The van der Waals surface area contributed by atoms with E-state index in [2.05, 4.69) is 22.2 Å². The normalized spacial score (nSPS) is 17.8. The lowest BCUT2D eigenvalue weighted by atomic mass is 10.0. The number of ether oxygens (including phenoxy) is 1. The molecule has 1 atom stereocenters. The number of benzene rings is 1. The van der Waals surface area contributed by atoms with Gasteiger partial charge < -0.3 is 9.84 Å². The minimum Gasteiger partial charge on any atom is -0.378 e. The molecule has 3 rings (SSSR count). The highest BCUT2D eigenvalue weighted by molar-refractivity contribution is 5.64. The lowest BCUT2D eigenvalue weighted by molar-refractivity contribution is 0.00370. The first kappa shape index (κ1) is 17.7. The zero-order chi connectivity index (χ0) is 17.9. The highest BCUT2D eigenvalue weighted by atomic mass is 16.5. The SMILES string of the molecule is Cc1cc(C#CC(C)(C)O)ccc1-c1cn(CC2CCCCO2)nn1. The second-order valence-corrected chi connectivity index (χ2v) is 7.15. The average Bonchev–Trinajstić information content (AvgIpc) is 3.01. The summed E-state index contributed by atoms with van der Waals surface area (Å²) < 4.78 is 7.63. The first-order chi connectivity index (χ1) is 11.9. The van der Waals surface area contributed by atoms with Crippen LogP contribution in [0.4, 0.5) is 0 Å². The van der Waals surface area contributed by atoms with Crippen molar-refractivity contribution >= 4 is 0 Å². The van der Waals surface area contributed by atoms with E-state index in [0.29, 0.717) is 0 Å². The summed E-state index contributed by atoms with van der Waals surface area (Å²) in [4.78, 5) is 0. The monoisotopic (exact) mass is 339 g/mol. The van der Waals surface area contributed by atoms with Gasteiger partial charge in [0.15, 0.2) is 0 Å². The van der Waals surface area contributed by atoms with Crippen LogP contribution >= 0.6 is 0 Å². The van der Waals surface area contributed by atoms with Gasteiger partial charge in [-0.05, 0) is 57.7 Å². The molecule has 0 aliphatic carbocycles.